The number of anilines is 1. The van der Waals surface area contributed by atoms with Crippen LogP contribution in [0.1, 0.15) is 16.1 Å². The van der Waals surface area contributed by atoms with Gasteiger partial charge < -0.3 is 0 Å². The van der Waals surface area contributed by atoms with Crippen LogP contribution >= 0.6 is 11.3 Å². The molecule has 0 aliphatic carbocycles. The molecule has 128 valence electrons. The Labute approximate surface area is 155 Å². The van der Waals surface area contributed by atoms with Crippen LogP contribution in [0, 0.1) is 6.92 Å². The van der Waals surface area contributed by atoms with E-state index in [1.807, 2.05) is 66.9 Å². The molecule has 0 bridgehead atoms. The van der Waals surface area contributed by atoms with Gasteiger partial charge in [-0.25, -0.2) is 9.67 Å². The first-order chi connectivity index (χ1) is 12.7. The van der Waals surface area contributed by atoms with E-state index >= 15 is 0 Å². The molecule has 0 unspecified atom stereocenters. The van der Waals surface area contributed by atoms with Gasteiger partial charge >= 0.3 is 0 Å². The smallest absolute Gasteiger partial charge is 0.277 e. The lowest BCUT2D eigenvalue weighted by atomic mass is 10.1. The number of benzene rings is 2. The number of hydrogen-bond donors (Lipinski definition) is 1. The van der Waals surface area contributed by atoms with Crippen LogP contribution in [0.25, 0.3) is 16.9 Å². The summed E-state index contributed by atoms with van der Waals surface area (Å²) in [4.78, 5) is 17.0. The molecule has 0 atom stereocenters. The predicted molar refractivity (Wildman–Crippen MR) is 104 cm³/mol. The number of nitrogens with zero attached hydrogens (tertiary/aromatic N) is 3. The van der Waals surface area contributed by atoms with Crippen LogP contribution < -0.4 is 5.32 Å². The van der Waals surface area contributed by atoms with Gasteiger partial charge in [-0.2, -0.15) is 5.10 Å². The van der Waals surface area contributed by atoms with Gasteiger partial charge in [0.2, 0.25) is 0 Å². The van der Waals surface area contributed by atoms with Crippen LogP contribution in [0.2, 0.25) is 0 Å². The Morgan fingerprint density at radius 3 is 2.62 bits per heavy atom. The average molecular weight is 360 g/mol. The fourth-order valence-electron chi connectivity index (χ4n) is 2.65. The largest absolute Gasteiger partial charge is 0.296 e. The summed E-state index contributed by atoms with van der Waals surface area (Å²) in [6.07, 6.45) is 1.77. The van der Waals surface area contributed by atoms with E-state index in [0.29, 0.717) is 10.8 Å². The van der Waals surface area contributed by atoms with E-state index in [2.05, 4.69) is 15.4 Å². The van der Waals surface area contributed by atoms with Crippen LogP contribution in [0.3, 0.4) is 0 Å². The van der Waals surface area contributed by atoms with E-state index in [9.17, 15) is 4.79 Å². The van der Waals surface area contributed by atoms with E-state index in [1.54, 1.807) is 16.9 Å². The minimum Gasteiger partial charge on any atom is -0.296 e. The van der Waals surface area contributed by atoms with Crippen molar-refractivity contribution in [1.82, 2.24) is 14.8 Å². The summed E-state index contributed by atoms with van der Waals surface area (Å²) in [6.45, 7) is 2.04. The molecular formula is C20H16N4OS. The maximum absolute atomic E-state index is 12.5. The SMILES string of the molecule is Cc1ccccc1-c1csc(NC(=O)c2ccn(-c3ccccc3)n2)n1. The Morgan fingerprint density at radius 1 is 1.04 bits per heavy atom. The van der Waals surface area contributed by atoms with Gasteiger partial charge in [0.05, 0.1) is 11.4 Å². The van der Waals surface area contributed by atoms with Gasteiger partial charge in [-0.1, -0.05) is 42.5 Å². The van der Waals surface area contributed by atoms with Crippen molar-refractivity contribution in [3.63, 3.8) is 0 Å². The molecule has 2 heterocycles. The number of hydrogen-bond acceptors (Lipinski definition) is 4. The van der Waals surface area contributed by atoms with Crippen molar-refractivity contribution in [3.05, 3.63) is 83.5 Å². The summed E-state index contributed by atoms with van der Waals surface area (Å²) in [5.41, 5.74) is 4.33. The second kappa shape index (κ2) is 6.93. The Hall–Kier alpha value is -3.25. The molecule has 6 heteroatoms. The van der Waals surface area contributed by atoms with Gasteiger partial charge in [-0.3, -0.25) is 10.1 Å². The molecule has 1 amide bonds. The van der Waals surface area contributed by atoms with Gasteiger partial charge in [-0.05, 0) is 30.7 Å². The van der Waals surface area contributed by atoms with Crippen molar-refractivity contribution in [2.75, 3.05) is 5.32 Å². The van der Waals surface area contributed by atoms with Crippen molar-refractivity contribution in [3.8, 4) is 16.9 Å². The summed E-state index contributed by atoms with van der Waals surface area (Å²) >= 11 is 1.40. The summed E-state index contributed by atoms with van der Waals surface area (Å²) in [7, 11) is 0. The minimum atomic E-state index is -0.273. The quantitative estimate of drug-likeness (QED) is 0.580. The molecule has 1 N–H and O–H groups in total. The molecule has 0 aliphatic rings. The molecule has 0 saturated carbocycles. The topological polar surface area (TPSA) is 59.8 Å². The Balaban J connectivity index is 1.51. The van der Waals surface area contributed by atoms with Crippen molar-refractivity contribution in [2.45, 2.75) is 6.92 Å². The molecule has 0 spiro atoms. The first-order valence-electron chi connectivity index (χ1n) is 8.15. The third-order valence-corrected chi connectivity index (χ3v) is 4.75. The molecule has 26 heavy (non-hydrogen) atoms. The second-order valence-corrected chi connectivity index (χ2v) is 6.65. The summed E-state index contributed by atoms with van der Waals surface area (Å²) in [6, 6.07) is 19.4. The molecule has 5 nitrogen and oxygen atoms in total. The van der Waals surface area contributed by atoms with Crippen molar-refractivity contribution < 1.29 is 4.79 Å². The van der Waals surface area contributed by atoms with Crippen LogP contribution in [0.15, 0.2) is 72.2 Å². The van der Waals surface area contributed by atoms with Crippen molar-refractivity contribution in [2.24, 2.45) is 0 Å². The van der Waals surface area contributed by atoms with Crippen molar-refractivity contribution in [1.29, 1.82) is 0 Å². The third-order valence-electron chi connectivity index (χ3n) is 3.99. The molecule has 0 saturated heterocycles. The van der Waals surface area contributed by atoms with Crippen LogP contribution in [0.4, 0.5) is 5.13 Å². The van der Waals surface area contributed by atoms with E-state index in [1.165, 1.54) is 11.3 Å². The number of nitrogens with one attached hydrogen (secondary N) is 1. The monoisotopic (exact) mass is 360 g/mol. The van der Waals surface area contributed by atoms with E-state index in [4.69, 9.17) is 0 Å². The zero-order chi connectivity index (χ0) is 17.9. The lowest BCUT2D eigenvalue weighted by molar-refractivity contribution is 0.102. The maximum Gasteiger partial charge on any atom is 0.277 e. The Bertz CT molecular complexity index is 1050. The molecule has 2 aromatic heterocycles. The highest BCUT2D eigenvalue weighted by atomic mass is 32.1. The average Bonchev–Trinajstić information content (AvgIpc) is 3.33. The molecule has 0 aliphatic heterocycles. The summed E-state index contributed by atoms with van der Waals surface area (Å²) in [5, 5.41) is 9.67. The highest BCUT2D eigenvalue weighted by Crippen LogP contribution is 2.27. The van der Waals surface area contributed by atoms with E-state index in [0.717, 1.165) is 22.5 Å². The molecule has 2 aromatic carbocycles. The number of para-hydroxylation sites is 1. The highest BCUT2D eigenvalue weighted by molar-refractivity contribution is 7.14. The summed E-state index contributed by atoms with van der Waals surface area (Å²) < 4.78 is 1.68. The first kappa shape index (κ1) is 16.2. The Morgan fingerprint density at radius 2 is 1.81 bits per heavy atom. The number of amides is 1. The number of aryl methyl sites for hydroxylation is 1. The third kappa shape index (κ3) is 3.27. The van der Waals surface area contributed by atoms with Gasteiger partial charge in [0.15, 0.2) is 10.8 Å². The first-order valence-corrected chi connectivity index (χ1v) is 9.02. The fourth-order valence-corrected chi connectivity index (χ4v) is 3.35. The van der Waals surface area contributed by atoms with Gasteiger partial charge in [0, 0.05) is 17.1 Å². The van der Waals surface area contributed by atoms with Crippen LogP contribution in [-0.4, -0.2) is 20.7 Å². The zero-order valence-electron chi connectivity index (χ0n) is 14.1. The van der Waals surface area contributed by atoms with E-state index < -0.39 is 0 Å². The minimum absolute atomic E-state index is 0.273. The van der Waals surface area contributed by atoms with E-state index in [-0.39, 0.29) is 5.91 Å². The molecule has 4 rings (SSSR count). The number of carbonyl (C=O) groups is 1. The molecule has 0 radical (unpaired) electrons. The van der Waals surface area contributed by atoms with Crippen LogP contribution in [0.5, 0.6) is 0 Å². The predicted octanol–water partition coefficient (Wildman–Crippen LogP) is 4.56. The lowest BCUT2D eigenvalue weighted by Crippen LogP contribution is -2.13. The Kier molecular flexibility index (Phi) is 4.33. The molecule has 4 aromatic rings. The number of thiazole rings is 1. The number of aromatic nitrogens is 3. The highest BCUT2D eigenvalue weighted by Gasteiger charge is 2.13. The second-order valence-electron chi connectivity index (χ2n) is 5.79. The lowest BCUT2D eigenvalue weighted by Gasteiger charge is -2.01. The normalized spacial score (nSPS) is 10.7. The molecule has 0 fully saturated rings. The van der Waals surface area contributed by atoms with Crippen LogP contribution in [-0.2, 0) is 0 Å². The van der Waals surface area contributed by atoms with Gasteiger partial charge in [0.1, 0.15) is 0 Å². The maximum atomic E-state index is 12.5. The fraction of sp³-hybridized carbons (Fsp3) is 0.0500. The summed E-state index contributed by atoms with van der Waals surface area (Å²) in [5.74, 6) is -0.273. The van der Waals surface area contributed by atoms with Gasteiger partial charge in [0.25, 0.3) is 5.91 Å². The standard InChI is InChI=1S/C20H16N4OS/c1-14-7-5-6-10-16(14)18-13-26-20(21-18)22-19(25)17-11-12-24(23-17)15-8-3-2-4-9-15/h2-13H,1H3,(H,21,22,25). The van der Waals surface area contributed by atoms with Gasteiger partial charge in [-0.15, -0.1) is 11.3 Å². The van der Waals surface area contributed by atoms with Crippen molar-refractivity contribution >= 4 is 22.4 Å². The zero-order valence-corrected chi connectivity index (χ0v) is 14.9. The number of rotatable bonds is 4. The number of carbonyl (C=O) groups excluding carboxylic acids is 1. The molecular weight excluding hydrogens is 344 g/mol.